The molecule has 4 aromatic carbocycles. The van der Waals surface area contributed by atoms with Gasteiger partial charge in [0.1, 0.15) is 37.1 Å². The SMILES string of the molecule is Cc1c(COc2cc(Br)cc(Br)c2)c(C)c(COc2cc(Br)cc(Br)c2)c(C)c1COc1cc(Br)cc(Br)c1. The average molecular weight is 912 g/mol. The molecule has 0 heterocycles. The van der Waals surface area contributed by atoms with Gasteiger partial charge in [-0.25, -0.2) is 0 Å². The Morgan fingerprint density at radius 3 is 0.795 bits per heavy atom. The van der Waals surface area contributed by atoms with Crippen LogP contribution in [-0.4, -0.2) is 0 Å². The molecule has 4 aromatic rings. The van der Waals surface area contributed by atoms with Crippen molar-refractivity contribution in [3.05, 3.63) is 115 Å². The third kappa shape index (κ3) is 8.35. The predicted molar refractivity (Wildman–Crippen MR) is 179 cm³/mol. The molecular formula is C30H24Br6O3. The Balaban J connectivity index is 1.69. The average Bonchev–Trinajstić information content (AvgIpc) is 2.82. The summed E-state index contributed by atoms with van der Waals surface area (Å²) in [7, 11) is 0. The molecule has 0 fully saturated rings. The standard InChI is InChI=1S/C30H24Br6O3/c1-16-28(13-37-25-7-19(31)4-20(32)8-25)17(2)30(15-39-27-11-23(35)6-24(36)12-27)18(3)29(16)14-38-26-9-21(33)5-22(34)10-26/h4-12H,13-15H2,1-3H3. The predicted octanol–water partition coefficient (Wildman–Crippen LogP) is 11.9. The lowest BCUT2D eigenvalue weighted by molar-refractivity contribution is 0.289. The highest BCUT2D eigenvalue weighted by atomic mass is 79.9. The maximum absolute atomic E-state index is 6.29. The van der Waals surface area contributed by atoms with Gasteiger partial charge in [-0.05, 0) is 109 Å². The Bertz CT molecular complexity index is 1260. The van der Waals surface area contributed by atoms with E-state index >= 15 is 0 Å². The first-order valence-corrected chi connectivity index (χ1v) is 16.6. The van der Waals surface area contributed by atoms with Gasteiger partial charge in [0.25, 0.3) is 0 Å². The number of benzene rings is 4. The second-order valence-electron chi connectivity index (χ2n) is 8.99. The van der Waals surface area contributed by atoms with E-state index in [0.717, 1.165) is 77.5 Å². The summed E-state index contributed by atoms with van der Waals surface area (Å²) in [6.45, 7) is 7.69. The molecular weight excluding hydrogens is 888 g/mol. The van der Waals surface area contributed by atoms with E-state index in [1.54, 1.807) is 0 Å². The normalized spacial score (nSPS) is 11.0. The van der Waals surface area contributed by atoms with Crippen molar-refractivity contribution in [2.75, 3.05) is 0 Å². The minimum absolute atomic E-state index is 0.422. The van der Waals surface area contributed by atoms with E-state index < -0.39 is 0 Å². The summed E-state index contributed by atoms with van der Waals surface area (Å²) in [4.78, 5) is 0. The number of hydrogen-bond acceptors (Lipinski definition) is 3. The van der Waals surface area contributed by atoms with Crippen LogP contribution in [0.25, 0.3) is 0 Å². The molecule has 0 radical (unpaired) electrons. The van der Waals surface area contributed by atoms with E-state index in [0.29, 0.717) is 19.8 Å². The largest absolute Gasteiger partial charge is 0.489 e. The number of ether oxygens (including phenoxy) is 3. The van der Waals surface area contributed by atoms with Gasteiger partial charge in [-0.2, -0.15) is 0 Å². The summed E-state index contributed by atoms with van der Waals surface area (Å²) in [5.74, 6) is 2.34. The third-order valence-corrected chi connectivity index (χ3v) is 9.12. The molecule has 0 unspecified atom stereocenters. The van der Waals surface area contributed by atoms with Crippen LogP contribution in [0.1, 0.15) is 33.4 Å². The molecule has 0 N–H and O–H groups in total. The van der Waals surface area contributed by atoms with E-state index in [2.05, 4.69) is 116 Å². The molecule has 0 aliphatic rings. The van der Waals surface area contributed by atoms with Gasteiger partial charge in [-0.3, -0.25) is 0 Å². The van der Waals surface area contributed by atoms with Crippen molar-refractivity contribution in [1.29, 1.82) is 0 Å². The van der Waals surface area contributed by atoms with Crippen molar-refractivity contribution >= 4 is 95.6 Å². The van der Waals surface area contributed by atoms with Crippen LogP contribution in [0.15, 0.2) is 81.4 Å². The Labute approximate surface area is 279 Å². The lowest BCUT2D eigenvalue weighted by Crippen LogP contribution is -2.13. The maximum Gasteiger partial charge on any atom is 0.122 e. The molecule has 0 aliphatic heterocycles. The van der Waals surface area contributed by atoms with Gasteiger partial charge >= 0.3 is 0 Å². The minimum Gasteiger partial charge on any atom is -0.489 e. The summed E-state index contributed by atoms with van der Waals surface area (Å²) < 4.78 is 24.6. The van der Waals surface area contributed by atoms with Crippen molar-refractivity contribution < 1.29 is 14.2 Å². The second kappa shape index (κ2) is 13.9. The molecule has 39 heavy (non-hydrogen) atoms. The van der Waals surface area contributed by atoms with Crippen LogP contribution in [0.5, 0.6) is 17.2 Å². The Hall–Kier alpha value is -0.840. The molecule has 0 aliphatic carbocycles. The minimum atomic E-state index is 0.422. The number of halogens is 6. The molecule has 3 nitrogen and oxygen atoms in total. The summed E-state index contributed by atoms with van der Waals surface area (Å²) in [5.41, 5.74) is 6.84. The highest BCUT2D eigenvalue weighted by Gasteiger charge is 2.19. The van der Waals surface area contributed by atoms with Crippen LogP contribution >= 0.6 is 95.6 Å². The second-order valence-corrected chi connectivity index (χ2v) is 14.5. The Kier molecular flexibility index (Phi) is 11.1. The smallest absolute Gasteiger partial charge is 0.122 e. The Morgan fingerprint density at radius 1 is 0.385 bits per heavy atom. The fraction of sp³-hybridized carbons (Fsp3) is 0.200. The highest BCUT2D eigenvalue weighted by Crippen LogP contribution is 2.33. The first kappa shape index (κ1) is 31.1. The van der Waals surface area contributed by atoms with E-state index in [-0.39, 0.29) is 0 Å². The van der Waals surface area contributed by atoms with Gasteiger partial charge in [-0.15, -0.1) is 0 Å². The molecule has 0 bridgehead atoms. The maximum atomic E-state index is 6.29. The Morgan fingerprint density at radius 2 is 0.590 bits per heavy atom. The lowest BCUT2D eigenvalue weighted by atomic mass is 9.89. The van der Waals surface area contributed by atoms with Gasteiger partial charge in [0.2, 0.25) is 0 Å². The molecule has 9 heteroatoms. The molecule has 0 spiro atoms. The molecule has 0 aromatic heterocycles. The molecule has 0 amide bonds. The quantitative estimate of drug-likeness (QED) is 0.167. The van der Waals surface area contributed by atoms with Gasteiger partial charge < -0.3 is 14.2 Å². The van der Waals surface area contributed by atoms with Crippen molar-refractivity contribution in [2.45, 2.75) is 40.6 Å². The van der Waals surface area contributed by atoms with Gasteiger partial charge in [0, 0.05) is 26.8 Å². The highest BCUT2D eigenvalue weighted by molar-refractivity contribution is 9.11. The zero-order valence-electron chi connectivity index (χ0n) is 21.3. The van der Waals surface area contributed by atoms with Crippen LogP contribution in [0.4, 0.5) is 0 Å². The van der Waals surface area contributed by atoms with Gasteiger partial charge in [0.05, 0.1) is 0 Å². The van der Waals surface area contributed by atoms with E-state index in [1.165, 1.54) is 0 Å². The molecule has 0 saturated heterocycles. The molecule has 4 rings (SSSR count). The summed E-state index contributed by atoms with van der Waals surface area (Å²) in [6, 6.07) is 17.8. The first-order chi connectivity index (χ1) is 18.5. The zero-order valence-corrected chi connectivity index (χ0v) is 30.8. The van der Waals surface area contributed by atoms with Crippen molar-refractivity contribution in [3.63, 3.8) is 0 Å². The lowest BCUT2D eigenvalue weighted by Gasteiger charge is -2.23. The third-order valence-electron chi connectivity index (χ3n) is 6.37. The summed E-state index contributed by atoms with van der Waals surface area (Å²) in [5, 5.41) is 0. The first-order valence-electron chi connectivity index (χ1n) is 11.9. The van der Waals surface area contributed by atoms with Crippen LogP contribution in [0.3, 0.4) is 0 Å². The van der Waals surface area contributed by atoms with E-state index in [1.807, 2.05) is 54.6 Å². The van der Waals surface area contributed by atoms with Crippen molar-refractivity contribution in [2.24, 2.45) is 0 Å². The van der Waals surface area contributed by atoms with Crippen molar-refractivity contribution in [3.8, 4) is 17.2 Å². The van der Waals surface area contributed by atoms with Crippen LogP contribution < -0.4 is 14.2 Å². The number of rotatable bonds is 9. The zero-order chi connectivity index (χ0) is 28.3. The topological polar surface area (TPSA) is 27.7 Å². The molecule has 204 valence electrons. The van der Waals surface area contributed by atoms with Gasteiger partial charge in [0.15, 0.2) is 0 Å². The monoisotopic (exact) mass is 906 g/mol. The number of hydrogen-bond donors (Lipinski definition) is 0. The summed E-state index contributed by atoms with van der Waals surface area (Å²) in [6.07, 6.45) is 0. The van der Waals surface area contributed by atoms with Gasteiger partial charge in [-0.1, -0.05) is 95.6 Å². The van der Waals surface area contributed by atoms with Crippen molar-refractivity contribution in [1.82, 2.24) is 0 Å². The summed E-state index contributed by atoms with van der Waals surface area (Å²) >= 11 is 21.3. The van der Waals surface area contributed by atoms with Crippen LogP contribution in [0, 0.1) is 20.8 Å². The van der Waals surface area contributed by atoms with E-state index in [9.17, 15) is 0 Å². The molecule has 0 saturated carbocycles. The van der Waals surface area contributed by atoms with Crippen LogP contribution in [-0.2, 0) is 19.8 Å². The fourth-order valence-electron chi connectivity index (χ4n) is 4.34. The molecule has 0 atom stereocenters. The van der Waals surface area contributed by atoms with Crippen LogP contribution in [0.2, 0.25) is 0 Å². The fourth-order valence-corrected chi connectivity index (χ4v) is 8.10. The van der Waals surface area contributed by atoms with E-state index in [4.69, 9.17) is 14.2 Å².